The van der Waals surface area contributed by atoms with Crippen LogP contribution in [0.4, 0.5) is 0 Å². The molecule has 0 atom stereocenters. The molecule has 0 fully saturated rings. The smallest absolute Gasteiger partial charge is 0.350 e. The van der Waals surface area contributed by atoms with Crippen molar-refractivity contribution >= 4 is 28.9 Å². The van der Waals surface area contributed by atoms with Gasteiger partial charge in [-0.15, -0.1) is 0 Å². The first-order chi connectivity index (χ1) is 9.15. The van der Waals surface area contributed by atoms with Gasteiger partial charge in [-0.1, -0.05) is 35.1 Å². The third-order valence-corrected chi connectivity index (χ3v) is 3.57. The van der Waals surface area contributed by atoms with Crippen LogP contribution in [-0.4, -0.2) is 24.7 Å². The van der Waals surface area contributed by atoms with Crippen molar-refractivity contribution < 1.29 is 14.3 Å². The average molecular weight is 298 g/mol. The number of hydrogen-bond donors (Lipinski definition) is 0. The molecule has 0 radical (unpaired) electrons. The third kappa shape index (κ3) is 3.05. The topological polar surface area (TPSA) is 48.4 Å². The second kappa shape index (κ2) is 6.04. The fraction of sp³-hybridized carbons (Fsp3) is 0.231. The zero-order valence-corrected chi connectivity index (χ0v) is 12.0. The first-order valence-corrected chi connectivity index (χ1v) is 6.83. The molecular formula is C13H12ClNO3S. The zero-order chi connectivity index (χ0) is 13.8. The molecule has 1 aromatic carbocycles. The van der Waals surface area contributed by atoms with Crippen molar-refractivity contribution in [2.75, 3.05) is 13.7 Å². The fourth-order valence-electron chi connectivity index (χ4n) is 1.55. The van der Waals surface area contributed by atoms with E-state index in [2.05, 4.69) is 4.98 Å². The number of benzene rings is 1. The minimum Gasteiger partial charge on any atom is -0.473 e. The summed E-state index contributed by atoms with van der Waals surface area (Å²) in [5.74, 6) is -0.404. The summed E-state index contributed by atoms with van der Waals surface area (Å²) < 4.78 is 10.1. The summed E-state index contributed by atoms with van der Waals surface area (Å²) in [4.78, 5) is 16.6. The van der Waals surface area contributed by atoms with Gasteiger partial charge in [-0.05, 0) is 19.1 Å². The van der Waals surface area contributed by atoms with Gasteiger partial charge >= 0.3 is 5.97 Å². The summed E-state index contributed by atoms with van der Waals surface area (Å²) in [7, 11) is 1.51. The molecule has 0 saturated heterocycles. The summed E-state index contributed by atoms with van der Waals surface area (Å²) >= 11 is 7.11. The normalized spacial score (nSPS) is 10.3. The van der Waals surface area contributed by atoms with Gasteiger partial charge in [0, 0.05) is 10.6 Å². The van der Waals surface area contributed by atoms with Crippen LogP contribution in [0.1, 0.15) is 16.6 Å². The lowest BCUT2D eigenvalue weighted by Crippen LogP contribution is -2.03. The van der Waals surface area contributed by atoms with E-state index >= 15 is 0 Å². The van der Waals surface area contributed by atoms with Gasteiger partial charge in [-0.25, -0.2) is 9.78 Å². The number of methoxy groups -OCH3 is 1. The van der Waals surface area contributed by atoms with Crippen molar-refractivity contribution in [1.82, 2.24) is 4.98 Å². The highest BCUT2D eigenvalue weighted by molar-refractivity contribution is 7.15. The minimum absolute atomic E-state index is 0.314. The summed E-state index contributed by atoms with van der Waals surface area (Å²) in [6.07, 6.45) is 0. The van der Waals surface area contributed by atoms with Crippen LogP contribution in [0, 0.1) is 0 Å². The van der Waals surface area contributed by atoms with Crippen LogP contribution in [0.15, 0.2) is 24.3 Å². The highest BCUT2D eigenvalue weighted by atomic mass is 35.5. The Morgan fingerprint density at radius 2 is 2.26 bits per heavy atom. The Balaban J connectivity index is 2.49. The number of hydrogen-bond acceptors (Lipinski definition) is 5. The summed E-state index contributed by atoms with van der Waals surface area (Å²) in [6.45, 7) is 2.07. The van der Waals surface area contributed by atoms with E-state index in [-0.39, 0.29) is 0 Å². The molecule has 2 rings (SSSR count). The lowest BCUT2D eigenvalue weighted by atomic mass is 10.1. The first kappa shape index (κ1) is 13.8. The first-order valence-electron chi connectivity index (χ1n) is 5.63. The van der Waals surface area contributed by atoms with Crippen molar-refractivity contribution in [3.05, 3.63) is 34.2 Å². The number of halogens is 1. The Kier molecular flexibility index (Phi) is 4.39. The van der Waals surface area contributed by atoms with Crippen LogP contribution in [0.3, 0.4) is 0 Å². The Morgan fingerprint density at radius 3 is 2.89 bits per heavy atom. The number of ether oxygens (including phenoxy) is 2. The summed E-state index contributed by atoms with van der Waals surface area (Å²) in [5.41, 5.74) is 1.29. The number of aromatic nitrogens is 1. The van der Waals surface area contributed by atoms with Crippen molar-refractivity contribution in [3.8, 4) is 16.5 Å². The minimum atomic E-state index is -0.404. The molecule has 19 heavy (non-hydrogen) atoms. The van der Waals surface area contributed by atoms with E-state index in [1.807, 2.05) is 6.07 Å². The molecule has 0 amide bonds. The van der Waals surface area contributed by atoms with Gasteiger partial charge in [0.15, 0.2) is 0 Å². The largest absolute Gasteiger partial charge is 0.473 e. The maximum Gasteiger partial charge on any atom is 0.350 e. The van der Waals surface area contributed by atoms with Crippen LogP contribution < -0.4 is 4.74 Å². The summed E-state index contributed by atoms with van der Waals surface area (Å²) in [5, 5.41) is 0.998. The standard InChI is InChI=1S/C13H12ClNO3S/c1-3-18-12(16)11-10(15-13(17-2)19-11)8-5-4-6-9(14)7-8/h4-7H,3H2,1-2H3. The van der Waals surface area contributed by atoms with Crippen LogP contribution >= 0.6 is 22.9 Å². The molecule has 0 aliphatic rings. The number of rotatable bonds is 4. The van der Waals surface area contributed by atoms with E-state index in [4.69, 9.17) is 21.1 Å². The highest BCUT2D eigenvalue weighted by Gasteiger charge is 2.21. The molecule has 0 unspecified atom stereocenters. The number of carbonyl (C=O) groups excluding carboxylic acids is 1. The van der Waals surface area contributed by atoms with Crippen molar-refractivity contribution in [3.63, 3.8) is 0 Å². The lowest BCUT2D eigenvalue weighted by molar-refractivity contribution is 0.0532. The second-order valence-electron chi connectivity index (χ2n) is 3.59. The van der Waals surface area contributed by atoms with Crippen LogP contribution in [0.5, 0.6) is 5.19 Å². The van der Waals surface area contributed by atoms with Crippen molar-refractivity contribution in [2.45, 2.75) is 6.92 Å². The van der Waals surface area contributed by atoms with E-state index in [0.29, 0.717) is 27.4 Å². The summed E-state index contributed by atoms with van der Waals surface area (Å²) in [6, 6.07) is 7.15. The number of thiazole rings is 1. The van der Waals surface area contributed by atoms with Crippen molar-refractivity contribution in [1.29, 1.82) is 0 Å². The SMILES string of the molecule is CCOC(=O)c1sc(OC)nc1-c1cccc(Cl)c1. The molecule has 2 aromatic rings. The Labute approximate surface area is 120 Å². The number of carbonyl (C=O) groups is 1. The zero-order valence-electron chi connectivity index (χ0n) is 10.5. The molecular weight excluding hydrogens is 286 g/mol. The van der Waals surface area contributed by atoms with Crippen LogP contribution in [-0.2, 0) is 4.74 Å². The molecule has 0 aliphatic heterocycles. The van der Waals surface area contributed by atoms with Crippen LogP contribution in [0.25, 0.3) is 11.3 Å². The molecule has 1 heterocycles. The van der Waals surface area contributed by atoms with Gasteiger partial charge in [-0.2, -0.15) is 0 Å². The number of nitrogens with zero attached hydrogens (tertiary/aromatic N) is 1. The molecule has 0 N–H and O–H groups in total. The number of esters is 1. The van der Waals surface area contributed by atoms with Gasteiger partial charge < -0.3 is 9.47 Å². The maximum atomic E-state index is 11.9. The predicted molar refractivity (Wildman–Crippen MR) is 75.1 cm³/mol. The Morgan fingerprint density at radius 1 is 1.47 bits per heavy atom. The van der Waals surface area contributed by atoms with E-state index in [1.165, 1.54) is 7.11 Å². The maximum absolute atomic E-state index is 11.9. The Bertz CT molecular complexity index is 597. The molecule has 100 valence electrons. The van der Waals surface area contributed by atoms with Gasteiger partial charge in [-0.3, -0.25) is 0 Å². The van der Waals surface area contributed by atoms with Crippen LogP contribution in [0.2, 0.25) is 5.02 Å². The second-order valence-corrected chi connectivity index (χ2v) is 4.99. The van der Waals surface area contributed by atoms with Crippen molar-refractivity contribution in [2.24, 2.45) is 0 Å². The highest BCUT2D eigenvalue weighted by Crippen LogP contribution is 2.33. The Hall–Kier alpha value is -1.59. The molecule has 1 aromatic heterocycles. The van der Waals surface area contributed by atoms with Gasteiger partial charge in [0.1, 0.15) is 4.88 Å². The predicted octanol–water partition coefficient (Wildman–Crippen LogP) is 3.65. The van der Waals surface area contributed by atoms with Gasteiger partial charge in [0.25, 0.3) is 5.19 Å². The third-order valence-electron chi connectivity index (χ3n) is 2.34. The quantitative estimate of drug-likeness (QED) is 0.808. The molecule has 0 aliphatic carbocycles. The monoisotopic (exact) mass is 297 g/mol. The van der Waals surface area contributed by atoms with Gasteiger partial charge in [0.05, 0.1) is 19.4 Å². The van der Waals surface area contributed by atoms with E-state index < -0.39 is 5.97 Å². The van der Waals surface area contributed by atoms with E-state index in [1.54, 1.807) is 25.1 Å². The fourth-order valence-corrected chi connectivity index (χ4v) is 2.54. The molecule has 4 nitrogen and oxygen atoms in total. The van der Waals surface area contributed by atoms with E-state index in [9.17, 15) is 4.79 Å². The molecule has 0 saturated carbocycles. The molecule has 6 heteroatoms. The molecule has 0 spiro atoms. The average Bonchev–Trinajstić information content (AvgIpc) is 2.83. The molecule has 0 bridgehead atoms. The lowest BCUT2D eigenvalue weighted by Gasteiger charge is -2.02. The van der Waals surface area contributed by atoms with Gasteiger partial charge in [0.2, 0.25) is 0 Å². The van der Waals surface area contributed by atoms with E-state index in [0.717, 1.165) is 16.9 Å².